The molecule has 3 N–H and O–H groups in total. The van der Waals surface area contributed by atoms with Crippen LogP contribution < -0.4 is 10.9 Å². The number of benzene rings is 2. The van der Waals surface area contributed by atoms with Gasteiger partial charge in [0.1, 0.15) is 12.1 Å². The van der Waals surface area contributed by atoms with Crippen molar-refractivity contribution in [3.8, 4) is 11.1 Å². The standard InChI is InChI=1S/C23H26N4O2S/c1-30-14-11-19(16-28)26-27-23(29)20-9-7-17(8-10-22-24-12-13-25-22)15-21(20)18-5-3-2-4-6-18/h2-7,9,12-13,15-16,19,26H,8,10-11,14H2,1H3,(H,24,25)(H,27,29)/t19-/m1/s1. The van der Waals surface area contributed by atoms with Gasteiger partial charge in [0.05, 0.1) is 6.04 Å². The van der Waals surface area contributed by atoms with Crippen molar-refractivity contribution in [3.63, 3.8) is 0 Å². The smallest absolute Gasteiger partial charge is 0.266 e. The number of carbonyl (C=O) groups excluding carboxylic acids is 2. The fraction of sp³-hybridized carbons (Fsp3) is 0.261. The van der Waals surface area contributed by atoms with Gasteiger partial charge in [-0.15, -0.1) is 0 Å². The monoisotopic (exact) mass is 422 g/mol. The molecule has 0 saturated heterocycles. The molecule has 0 aliphatic rings. The molecule has 1 amide bonds. The molecular weight excluding hydrogens is 396 g/mol. The Balaban J connectivity index is 1.78. The molecule has 3 rings (SSSR count). The number of imidazole rings is 1. The molecule has 0 fully saturated rings. The molecule has 6 nitrogen and oxygen atoms in total. The highest BCUT2D eigenvalue weighted by Crippen LogP contribution is 2.25. The molecule has 2 aromatic carbocycles. The Kier molecular flexibility index (Phi) is 8.23. The van der Waals surface area contributed by atoms with Crippen LogP contribution in [-0.2, 0) is 17.6 Å². The molecule has 156 valence electrons. The minimum Gasteiger partial charge on any atom is -0.349 e. The summed E-state index contributed by atoms with van der Waals surface area (Å²) in [6.07, 6.45) is 8.64. The van der Waals surface area contributed by atoms with Crippen LogP contribution >= 0.6 is 11.8 Å². The maximum absolute atomic E-state index is 12.9. The normalized spacial score (nSPS) is 11.8. The molecular formula is C23H26N4O2S. The van der Waals surface area contributed by atoms with E-state index in [2.05, 4.69) is 26.9 Å². The second-order valence-corrected chi connectivity index (χ2v) is 7.89. The summed E-state index contributed by atoms with van der Waals surface area (Å²) in [4.78, 5) is 31.5. The van der Waals surface area contributed by atoms with E-state index in [1.165, 1.54) is 0 Å². The fourth-order valence-corrected chi connectivity index (χ4v) is 3.63. The number of aromatic nitrogens is 2. The number of H-pyrrole nitrogens is 1. The van der Waals surface area contributed by atoms with Crippen molar-refractivity contribution in [3.05, 3.63) is 77.9 Å². The maximum Gasteiger partial charge on any atom is 0.266 e. The van der Waals surface area contributed by atoms with Crippen molar-refractivity contribution >= 4 is 24.0 Å². The van der Waals surface area contributed by atoms with Gasteiger partial charge in [0.25, 0.3) is 5.91 Å². The molecule has 0 aliphatic heterocycles. The van der Waals surface area contributed by atoms with E-state index in [0.717, 1.165) is 47.4 Å². The highest BCUT2D eigenvalue weighted by Gasteiger charge is 2.15. The number of thioether (sulfide) groups is 1. The third kappa shape index (κ3) is 6.05. The highest BCUT2D eigenvalue weighted by atomic mass is 32.2. The number of carbonyl (C=O) groups is 2. The topological polar surface area (TPSA) is 86.9 Å². The van der Waals surface area contributed by atoms with E-state index in [9.17, 15) is 9.59 Å². The molecule has 0 aliphatic carbocycles. The molecule has 30 heavy (non-hydrogen) atoms. The second-order valence-electron chi connectivity index (χ2n) is 6.90. The van der Waals surface area contributed by atoms with Crippen LogP contribution in [0.15, 0.2) is 60.9 Å². The molecule has 1 atom stereocenters. The summed E-state index contributed by atoms with van der Waals surface area (Å²) in [6, 6.07) is 15.3. The maximum atomic E-state index is 12.9. The molecule has 1 heterocycles. The third-order valence-corrected chi connectivity index (χ3v) is 5.43. The lowest BCUT2D eigenvalue weighted by molar-refractivity contribution is -0.109. The summed E-state index contributed by atoms with van der Waals surface area (Å²) in [5.41, 5.74) is 9.06. The van der Waals surface area contributed by atoms with Crippen molar-refractivity contribution in [1.82, 2.24) is 20.8 Å². The molecule has 0 spiro atoms. The predicted octanol–water partition coefficient (Wildman–Crippen LogP) is 3.42. The van der Waals surface area contributed by atoms with Crippen LogP contribution in [0.4, 0.5) is 0 Å². The molecule has 3 aromatic rings. The Morgan fingerprint density at radius 3 is 2.73 bits per heavy atom. The second kappa shape index (κ2) is 11.3. The number of hydrogen-bond donors (Lipinski definition) is 3. The molecule has 0 radical (unpaired) electrons. The highest BCUT2D eigenvalue weighted by molar-refractivity contribution is 7.98. The molecule has 1 aromatic heterocycles. The van der Waals surface area contributed by atoms with E-state index in [1.54, 1.807) is 18.0 Å². The van der Waals surface area contributed by atoms with Gasteiger partial charge in [-0.3, -0.25) is 10.2 Å². The van der Waals surface area contributed by atoms with E-state index in [0.29, 0.717) is 12.0 Å². The predicted molar refractivity (Wildman–Crippen MR) is 121 cm³/mol. The summed E-state index contributed by atoms with van der Waals surface area (Å²) in [7, 11) is 0. The minimum absolute atomic E-state index is 0.262. The van der Waals surface area contributed by atoms with Gasteiger partial charge in [-0.25, -0.2) is 10.4 Å². The van der Waals surface area contributed by atoms with Crippen molar-refractivity contribution in [2.45, 2.75) is 25.3 Å². The van der Waals surface area contributed by atoms with Crippen LogP contribution in [0.5, 0.6) is 0 Å². The van der Waals surface area contributed by atoms with Gasteiger partial charge in [0.15, 0.2) is 0 Å². The number of hydrogen-bond acceptors (Lipinski definition) is 5. The van der Waals surface area contributed by atoms with E-state index < -0.39 is 6.04 Å². The van der Waals surface area contributed by atoms with Gasteiger partial charge in [0.2, 0.25) is 0 Å². The van der Waals surface area contributed by atoms with Gasteiger partial charge in [0, 0.05) is 24.4 Å². The van der Waals surface area contributed by atoms with Gasteiger partial charge in [-0.2, -0.15) is 11.8 Å². The number of nitrogens with zero attached hydrogens (tertiary/aromatic N) is 1. The molecule has 0 unspecified atom stereocenters. The SMILES string of the molecule is CSCC[C@H](C=O)NNC(=O)c1ccc(CCc2ncc[nH]2)cc1-c1ccccc1. The van der Waals surface area contributed by atoms with Crippen LogP contribution in [0.25, 0.3) is 11.1 Å². The van der Waals surface area contributed by atoms with Crippen LogP contribution in [0.2, 0.25) is 0 Å². The van der Waals surface area contributed by atoms with Gasteiger partial charge < -0.3 is 9.78 Å². The third-order valence-electron chi connectivity index (χ3n) is 4.79. The van der Waals surface area contributed by atoms with Crippen molar-refractivity contribution in [1.29, 1.82) is 0 Å². The summed E-state index contributed by atoms with van der Waals surface area (Å²) >= 11 is 1.66. The lowest BCUT2D eigenvalue weighted by Gasteiger charge is -2.16. The zero-order valence-electron chi connectivity index (χ0n) is 16.9. The first-order valence-electron chi connectivity index (χ1n) is 9.88. The number of hydrazine groups is 1. The van der Waals surface area contributed by atoms with Crippen molar-refractivity contribution in [2.75, 3.05) is 12.0 Å². The van der Waals surface area contributed by atoms with E-state index in [-0.39, 0.29) is 5.91 Å². The first-order chi connectivity index (χ1) is 14.7. The summed E-state index contributed by atoms with van der Waals surface area (Å²) in [6.45, 7) is 0. The van der Waals surface area contributed by atoms with Gasteiger partial charge in [-0.05, 0) is 47.6 Å². The Morgan fingerprint density at radius 1 is 1.20 bits per heavy atom. The van der Waals surface area contributed by atoms with Gasteiger partial charge >= 0.3 is 0 Å². The lowest BCUT2D eigenvalue weighted by atomic mass is 9.95. The quantitative estimate of drug-likeness (QED) is 0.326. The Bertz CT molecular complexity index is 945. The molecule has 0 saturated carbocycles. The van der Waals surface area contributed by atoms with E-state index in [4.69, 9.17) is 0 Å². The number of amides is 1. The summed E-state index contributed by atoms with van der Waals surface area (Å²) in [5.74, 6) is 1.51. The first kappa shape index (κ1) is 21.8. The van der Waals surface area contributed by atoms with Gasteiger partial charge in [-0.1, -0.05) is 42.5 Å². The number of aryl methyl sites for hydroxylation is 2. The van der Waals surface area contributed by atoms with Crippen LogP contribution in [-0.4, -0.2) is 40.2 Å². The van der Waals surface area contributed by atoms with Crippen LogP contribution in [0, 0.1) is 0 Å². The van der Waals surface area contributed by atoms with Crippen LogP contribution in [0.3, 0.4) is 0 Å². The number of aromatic amines is 1. The fourth-order valence-electron chi connectivity index (χ4n) is 3.14. The number of rotatable bonds is 11. The van der Waals surface area contributed by atoms with Crippen LogP contribution in [0.1, 0.15) is 28.2 Å². The Labute approximate surface area is 180 Å². The Hall–Kier alpha value is -2.90. The number of aldehydes is 1. The molecule has 0 bridgehead atoms. The average molecular weight is 423 g/mol. The van der Waals surface area contributed by atoms with Crippen molar-refractivity contribution in [2.24, 2.45) is 0 Å². The average Bonchev–Trinajstić information content (AvgIpc) is 3.32. The van der Waals surface area contributed by atoms with E-state index in [1.807, 2.05) is 54.9 Å². The summed E-state index contributed by atoms with van der Waals surface area (Å²) < 4.78 is 0. The van der Waals surface area contributed by atoms with E-state index >= 15 is 0 Å². The molecule has 7 heteroatoms. The largest absolute Gasteiger partial charge is 0.349 e. The minimum atomic E-state index is -0.408. The Morgan fingerprint density at radius 2 is 2.03 bits per heavy atom. The lowest BCUT2D eigenvalue weighted by Crippen LogP contribution is -2.45. The first-order valence-corrected chi connectivity index (χ1v) is 11.3. The zero-order chi connectivity index (χ0) is 21.2. The zero-order valence-corrected chi connectivity index (χ0v) is 17.7. The van der Waals surface area contributed by atoms with Crippen molar-refractivity contribution < 1.29 is 9.59 Å². The summed E-state index contributed by atoms with van der Waals surface area (Å²) in [5, 5.41) is 0. The number of nitrogens with one attached hydrogen (secondary N) is 3.